The van der Waals surface area contributed by atoms with Crippen LogP contribution in [0.5, 0.6) is 0 Å². The van der Waals surface area contributed by atoms with Gasteiger partial charge >= 0.3 is 5.97 Å². The molecule has 2 rings (SSSR count). The van der Waals surface area contributed by atoms with Gasteiger partial charge in [-0.1, -0.05) is 18.5 Å². The van der Waals surface area contributed by atoms with Gasteiger partial charge in [-0.3, -0.25) is 9.59 Å². The zero-order chi connectivity index (χ0) is 15.4. The van der Waals surface area contributed by atoms with Gasteiger partial charge in [-0.2, -0.15) is 0 Å². The molecule has 0 saturated heterocycles. The molecule has 7 nitrogen and oxygen atoms in total. The summed E-state index contributed by atoms with van der Waals surface area (Å²) in [4.78, 5) is 26.8. The third-order valence-electron chi connectivity index (χ3n) is 3.36. The van der Waals surface area contributed by atoms with E-state index in [1.54, 1.807) is 13.0 Å². The molecule has 0 bridgehead atoms. The Balaban J connectivity index is 2.04. The molecular formula is C14H17N3O4. The van der Waals surface area contributed by atoms with Gasteiger partial charge in [-0.05, 0) is 18.9 Å². The van der Waals surface area contributed by atoms with E-state index in [0.717, 1.165) is 0 Å². The number of hydrogen-bond donors (Lipinski definition) is 2. The minimum atomic E-state index is -0.862. The first kappa shape index (κ1) is 15.0. The Morgan fingerprint density at radius 3 is 2.90 bits per heavy atom. The van der Waals surface area contributed by atoms with Crippen molar-refractivity contribution in [3.8, 4) is 0 Å². The van der Waals surface area contributed by atoms with Crippen LogP contribution in [-0.4, -0.2) is 33.7 Å². The van der Waals surface area contributed by atoms with E-state index in [4.69, 9.17) is 9.63 Å². The van der Waals surface area contributed by atoms with Gasteiger partial charge in [0.15, 0.2) is 0 Å². The highest BCUT2D eigenvalue weighted by Crippen LogP contribution is 2.16. The summed E-state index contributed by atoms with van der Waals surface area (Å²) in [5.41, 5.74) is 1.46. The summed E-state index contributed by atoms with van der Waals surface area (Å²) in [5.74, 6) is -1.23. The number of fused-ring (bicyclic) bond motifs is 1. The average Bonchev–Trinajstić information content (AvgIpc) is 2.83. The van der Waals surface area contributed by atoms with Crippen LogP contribution < -0.4 is 5.32 Å². The van der Waals surface area contributed by atoms with Crippen LogP contribution in [0.1, 0.15) is 35.8 Å². The molecule has 0 aliphatic carbocycles. The van der Waals surface area contributed by atoms with E-state index in [0.29, 0.717) is 35.3 Å². The lowest BCUT2D eigenvalue weighted by atomic mass is 10.0. The first-order valence-corrected chi connectivity index (χ1v) is 6.73. The van der Waals surface area contributed by atoms with Crippen LogP contribution in [0.2, 0.25) is 0 Å². The zero-order valence-electron chi connectivity index (χ0n) is 11.9. The van der Waals surface area contributed by atoms with Crippen molar-refractivity contribution in [2.45, 2.75) is 26.7 Å². The van der Waals surface area contributed by atoms with Crippen LogP contribution in [0.4, 0.5) is 0 Å². The summed E-state index contributed by atoms with van der Waals surface area (Å²) in [6, 6.07) is 1.67. The van der Waals surface area contributed by atoms with Gasteiger partial charge in [0.25, 0.3) is 11.6 Å². The highest BCUT2D eigenvalue weighted by molar-refractivity contribution is 5.96. The van der Waals surface area contributed by atoms with Crippen LogP contribution >= 0.6 is 0 Å². The van der Waals surface area contributed by atoms with Crippen molar-refractivity contribution in [1.82, 2.24) is 15.5 Å². The monoisotopic (exact) mass is 291 g/mol. The molecule has 2 N–H and O–H groups in total. The first-order valence-electron chi connectivity index (χ1n) is 6.73. The maximum absolute atomic E-state index is 12.1. The predicted octanol–water partition coefficient (Wildman–Crippen LogP) is 1.76. The number of aromatic nitrogens is 2. The Morgan fingerprint density at radius 2 is 2.24 bits per heavy atom. The molecule has 112 valence electrons. The fourth-order valence-corrected chi connectivity index (χ4v) is 2.02. The molecule has 1 unspecified atom stereocenters. The molecule has 1 amide bonds. The summed E-state index contributed by atoms with van der Waals surface area (Å²) >= 11 is 0. The topological polar surface area (TPSA) is 105 Å². The molecular weight excluding hydrogens is 274 g/mol. The number of aliphatic carboxylic acids is 1. The molecule has 2 aromatic rings. The smallest absolute Gasteiger partial charge is 0.303 e. The van der Waals surface area contributed by atoms with Crippen molar-refractivity contribution >= 4 is 23.0 Å². The Hall–Kier alpha value is -2.44. The summed E-state index contributed by atoms with van der Waals surface area (Å²) in [6.07, 6.45) is 2.15. The maximum Gasteiger partial charge on any atom is 0.303 e. The number of nitrogens with zero attached hydrogens (tertiary/aromatic N) is 2. The van der Waals surface area contributed by atoms with E-state index in [9.17, 15) is 9.59 Å². The van der Waals surface area contributed by atoms with Gasteiger partial charge in [0.2, 0.25) is 0 Å². The summed E-state index contributed by atoms with van der Waals surface area (Å²) in [7, 11) is 0. The fourth-order valence-electron chi connectivity index (χ4n) is 2.02. The Bertz CT molecular complexity index is 665. The lowest BCUT2D eigenvalue weighted by Gasteiger charge is -2.13. The molecule has 0 fully saturated rings. The number of rotatable bonds is 6. The van der Waals surface area contributed by atoms with Gasteiger partial charge in [0, 0.05) is 19.2 Å². The number of nitrogens with one attached hydrogen (secondary N) is 1. The van der Waals surface area contributed by atoms with E-state index >= 15 is 0 Å². The van der Waals surface area contributed by atoms with Crippen molar-refractivity contribution in [2.75, 3.05) is 6.54 Å². The van der Waals surface area contributed by atoms with E-state index < -0.39 is 5.97 Å². The van der Waals surface area contributed by atoms with Crippen LogP contribution in [0.15, 0.2) is 16.8 Å². The quantitative estimate of drug-likeness (QED) is 0.840. The lowest BCUT2D eigenvalue weighted by molar-refractivity contribution is -0.138. The molecule has 7 heteroatoms. The van der Waals surface area contributed by atoms with Gasteiger partial charge in [-0.25, -0.2) is 4.98 Å². The number of pyridine rings is 1. The third kappa shape index (κ3) is 3.56. The number of amides is 1. The van der Waals surface area contributed by atoms with E-state index in [1.807, 2.05) is 6.92 Å². The molecule has 0 spiro atoms. The highest BCUT2D eigenvalue weighted by atomic mass is 16.5. The summed E-state index contributed by atoms with van der Waals surface area (Å²) < 4.78 is 4.98. The number of carbonyl (C=O) groups excluding carboxylic acids is 1. The van der Waals surface area contributed by atoms with Gasteiger partial charge < -0.3 is 14.9 Å². The Morgan fingerprint density at radius 1 is 1.48 bits per heavy atom. The van der Waals surface area contributed by atoms with Crippen LogP contribution in [-0.2, 0) is 4.79 Å². The Kier molecular flexibility index (Phi) is 4.52. The van der Waals surface area contributed by atoms with Crippen molar-refractivity contribution < 1.29 is 19.2 Å². The van der Waals surface area contributed by atoms with Gasteiger partial charge in [0.1, 0.15) is 0 Å². The van der Waals surface area contributed by atoms with Crippen molar-refractivity contribution in [3.05, 3.63) is 23.5 Å². The minimum absolute atomic E-state index is 0.0405. The lowest BCUT2D eigenvalue weighted by Crippen LogP contribution is -2.30. The standard InChI is InChI=1S/C14H17N3O4/c1-3-9(4-12(18)19)6-15-13(20)10-5-11-8(2)17-21-14(11)16-7-10/h5,7,9H,3-4,6H2,1-2H3,(H,15,20)(H,18,19). The average molecular weight is 291 g/mol. The van der Waals surface area contributed by atoms with Gasteiger partial charge in [0.05, 0.1) is 16.6 Å². The van der Waals surface area contributed by atoms with E-state index in [2.05, 4.69) is 15.5 Å². The van der Waals surface area contributed by atoms with Crippen LogP contribution in [0.3, 0.4) is 0 Å². The predicted molar refractivity (Wildman–Crippen MR) is 74.9 cm³/mol. The van der Waals surface area contributed by atoms with Crippen molar-refractivity contribution in [2.24, 2.45) is 5.92 Å². The SMILES string of the molecule is CCC(CNC(=O)c1cnc2onc(C)c2c1)CC(=O)O. The second-order valence-electron chi connectivity index (χ2n) is 4.93. The molecule has 0 saturated carbocycles. The molecule has 2 heterocycles. The molecule has 2 aromatic heterocycles. The highest BCUT2D eigenvalue weighted by Gasteiger charge is 2.15. The third-order valence-corrected chi connectivity index (χ3v) is 3.36. The molecule has 0 aliphatic rings. The zero-order valence-corrected chi connectivity index (χ0v) is 11.9. The fraction of sp³-hybridized carbons (Fsp3) is 0.429. The molecule has 0 radical (unpaired) electrons. The number of carboxylic acids is 1. The van der Waals surface area contributed by atoms with Crippen LogP contribution in [0, 0.1) is 12.8 Å². The minimum Gasteiger partial charge on any atom is -0.481 e. The molecule has 0 aliphatic heterocycles. The second-order valence-corrected chi connectivity index (χ2v) is 4.93. The molecule has 0 aromatic carbocycles. The number of aryl methyl sites for hydroxylation is 1. The van der Waals surface area contributed by atoms with Crippen molar-refractivity contribution in [3.63, 3.8) is 0 Å². The first-order chi connectivity index (χ1) is 10.0. The van der Waals surface area contributed by atoms with Crippen LogP contribution in [0.25, 0.3) is 11.1 Å². The Labute approximate surface area is 121 Å². The largest absolute Gasteiger partial charge is 0.481 e. The summed E-state index contributed by atoms with van der Waals surface area (Å²) in [6.45, 7) is 3.99. The second kappa shape index (κ2) is 6.34. The van der Waals surface area contributed by atoms with Gasteiger partial charge in [-0.15, -0.1) is 0 Å². The maximum atomic E-state index is 12.1. The normalized spacial score (nSPS) is 12.3. The number of carbonyl (C=O) groups is 2. The number of carboxylic acid groups (broad SMARTS) is 1. The molecule has 21 heavy (non-hydrogen) atoms. The molecule has 1 atom stereocenters. The van der Waals surface area contributed by atoms with E-state index in [1.165, 1.54) is 6.20 Å². The van der Waals surface area contributed by atoms with Crippen molar-refractivity contribution in [1.29, 1.82) is 0 Å². The number of hydrogen-bond acceptors (Lipinski definition) is 5. The van der Waals surface area contributed by atoms with E-state index in [-0.39, 0.29) is 18.2 Å². The summed E-state index contributed by atoms with van der Waals surface area (Å²) in [5, 5.41) is 16.0.